The normalized spacial score (nSPS) is 20.9. The summed E-state index contributed by atoms with van der Waals surface area (Å²) < 4.78 is 11.6. The van der Waals surface area contributed by atoms with Crippen LogP contribution in [-0.2, 0) is 16.1 Å². The van der Waals surface area contributed by atoms with Crippen LogP contribution in [0.4, 0.5) is 0 Å². The number of esters is 1. The fourth-order valence-corrected chi connectivity index (χ4v) is 3.38. The van der Waals surface area contributed by atoms with E-state index in [0.29, 0.717) is 11.9 Å². The highest BCUT2D eigenvalue weighted by Crippen LogP contribution is 2.27. The number of nitrogens with one attached hydrogen (secondary N) is 1. The van der Waals surface area contributed by atoms with Gasteiger partial charge in [-0.2, -0.15) is 0 Å². The lowest BCUT2D eigenvalue weighted by Gasteiger charge is -2.30. The van der Waals surface area contributed by atoms with Gasteiger partial charge < -0.3 is 20.5 Å². The van der Waals surface area contributed by atoms with Gasteiger partial charge in [-0.3, -0.25) is 4.79 Å². The molecule has 0 saturated heterocycles. The Morgan fingerprint density at radius 3 is 2.81 bits per heavy atom. The van der Waals surface area contributed by atoms with Crippen molar-refractivity contribution in [1.29, 1.82) is 0 Å². The predicted molar refractivity (Wildman–Crippen MR) is 98.0 cm³/mol. The highest BCUT2D eigenvalue weighted by atomic mass is 16.5. The SMILES string of the molecule is COC(=O)Cn1nnnc1C(NC1CCC(N)CC1)c1cccc(OC)c1. The fraction of sp³-hybridized carbons (Fsp3) is 0.556. The predicted octanol–water partition coefficient (Wildman–Crippen LogP) is 0.804. The Morgan fingerprint density at radius 1 is 1.33 bits per heavy atom. The molecule has 27 heavy (non-hydrogen) atoms. The van der Waals surface area contributed by atoms with E-state index >= 15 is 0 Å². The largest absolute Gasteiger partial charge is 0.497 e. The summed E-state index contributed by atoms with van der Waals surface area (Å²) >= 11 is 0. The number of carbonyl (C=O) groups excluding carboxylic acids is 1. The van der Waals surface area contributed by atoms with Crippen molar-refractivity contribution in [3.8, 4) is 5.75 Å². The van der Waals surface area contributed by atoms with Crippen molar-refractivity contribution >= 4 is 5.97 Å². The van der Waals surface area contributed by atoms with E-state index in [1.165, 1.54) is 11.8 Å². The molecule has 146 valence electrons. The van der Waals surface area contributed by atoms with Gasteiger partial charge in [0.2, 0.25) is 0 Å². The maximum atomic E-state index is 11.7. The van der Waals surface area contributed by atoms with E-state index in [0.717, 1.165) is 37.0 Å². The van der Waals surface area contributed by atoms with Crippen molar-refractivity contribution < 1.29 is 14.3 Å². The third-order valence-corrected chi connectivity index (χ3v) is 4.93. The standard InChI is InChI=1S/C18H26N6O3/c1-26-15-5-3-4-12(10-15)17(20-14-8-6-13(19)7-9-14)18-21-22-23-24(18)11-16(25)27-2/h3-5,10,13-14,17,20H,6-9,11,19H2,1-2H3. The summed E-state index contributed by atoms with van der Waals surface area (Å²) in [6, 6.07) is 8.03. The third-order valence-electron chi connectivity index (χ3n) is 4.93. The number of nitrogens with zero attached hydrogens (tertiary/aromatic N) is 4. The summed E-state index contributed by atoms with van der Waals surface area (Å²) in [5.74, 6) is 0.900. The number of rotatable bonds is 7. The van der Waals surface area contributed by atoms with Gasteiger partial charge in [0, 0.05) is 12.1 Å². The average Bonchev–Trinajstić information content (AvgIpc) is 3.15. The molecular formula is C18H26N6O3. The number of aromatic nitrogens is 4. The van der Waals surface area contributed by atoms with Gasteiger partial charge in [-0.15, -0.1) is 5.10 Å². The second kappa shape index (κ2) is 8.92. The second-order valence-corrected chi connectivity index (χ2v) is 6.76. The van der Waals surface area contributed by atoms with E-state index in [-0.39, 0.29) is 18.6 Å². The number of hydrogen-bond acceptors (Lipinski definition) is 8. The molecule has 1 fully saturated rings. The van der Waals surface area contributed by atoms with Crippen LogP contribution in [0.5, 0.6) is 5.75 Å². The first-order chi connectivity index (χ1) is 13.1. The van der Waals surface area contributed by atoms with Crippen LogP contribution in [0.1, 0.15) is 43.1 Å². The van der Waals surface area contributed by atoms with Crippen molar-refractivity contribution in [2.75, 3.05) is 14.2 Å². The number of tetrazole rings is 1. The lowest BCUT2D eigenvalue weighted by Crippen LogP contribution is -2.40. The first kappa shape index (κ1) is 19.2. The molecule has 9 heteroatoms. The van der Waals surface area contributed by atoms with E-state index in [1.54, 1.807) is 7.11 Å². The molecule has 1 heterocycles. The molecule has 2 aromatic rings. The number of benzene rings is 1. The van der Waals surface area contributed by atoms with E-state index in [2.05, 4.69) is 20.8 Å². The average molecular weight is 374 g/mol. The highest BCUT2D eigenvalue weighted by molar-refractivity contribution is 5.68. The lowest BCUT2D eigenvalue weighted by atomic mass is 9.90. The summed E-state index contributed by atoms with van der Waals surface area (Å²) in [4.78, 5) is 11.7. The number of nitrogens with two attached hydrogens (primary N) is 1. The molecule has 1 unspecified atom stereocenters. The van der Waals surface area contributed by atoms with Crippen molar-refractivity contribution in [2.45, 2.75) is 50.4 Å². The van der Waals surface area contributed by atoms with Crippen molar-refractivity contribution in [3.05, 3.63) is 35.7 Å². The molecule has 3 N–H and O–H groups in total. The van der Waals surface area contributed by atoms with Crippen LogP contribution >= 0.6 is 0 Å². The minimum atomic E-state index is -0.406. The van der Waals surface area contributed by atoms with Crippen molar-refractivity contribution in [3.63, 3.8) is 0 Å². The van der Waals surface area contributed by atoms with E-state index in [9.17, 15) is 4.79 Å². The molecule has 0 spiro atoms. The summed E-state index contributed by atoms with van der Waals surface area (Å²) in [5.41, 5.74) is 7.00. The summed E-state index contributed by atoms with van der Waals surface area (Å²) in [6.07, 6.45) is 3.94. The van der Waals surface area contributed by atoms with Gasteiger partial charge in [-0.25, -0.2) is 4.68 Å². The molecule has 0 radical (unpaired) electrons. The topological polar surface area (TPSA) is 117 Å². The molecule has 1 atom stereocenters. The molecule has 1 aromatic heterocycles. The van der Waals surface area contributed by atoms with Crippen LogP contribution in [0.15, 0.2) is 24.3 Å². The number of carbonyl (C=O) groups is 1. The zero-order valence-corrected chi connectivity index (χ0v) is 15.7. The van der Waals surface area contributed by atoms with Gasteiger partial charge in [0.25, 0.3) is 0 Å². The second-order valence-electron chi connectivity index (χ2n) is 6.76. The zero-order valence-electron chi connectivity index (χ0n) is 15.7. The monoisotopic (exact) mass is 374 g/mol. The minimum Gasteiger partial charge on any atom is -0.497 e. The van der Waals surface area contributed by atoms with Gasteiger partial charge in [0.05, 0.1) is 20.3 Å². The van der Waals surface area contributed by atoms with Gasteiger partial charge in [0.1, 0.15) is 12.3 Å². The van der Waals surface area contributed by atoms with Crippen molar-refractivity contribution in [1.82, 2.24) is 25.5 Å². The van der Waals surface area contributed by atoms with Gasteiger partial charge in [-0.05, 0) is 53.8 Å². The Hall–Kier alpha value is -2.52. The summed E-state index contributed by atoms with van der Waals surface area (Å²) in [7, 11) is 2.97. The Morgan fingerprint density at radius 2 is 2.11 bits per heavy atom. The van der Waals surface area contributed by atoms with Crippen LogP contribution in [0.25, 0.3) is 0 Å². The summed E-state index contributed by atoms with van der Waals surface area (Å²) in [6.45, 7) is -0.0451. The quantitative estimate of drug-likeness (QED) is 0.684. The minimum absolute atomic E-state index is 0.0451. The molecular weight excluding hydrogens is 348 g/mol. The molecule has 1 aliphatic rings. The van der Waals surface area contributed by atoms with Gasteiger partial charge in [-0.1, -0.05) is 12.1 Å². The maximum absolute atomic E-state index is 11.7. The third kappa shape index (κ3) is 4.81. The number of methoxy groups -OCH3 is 2. The number of ether oxygens (including phenoxy) is 2. The Balaban J connectivity index is 1.90. The van der Waals surface area contributed by atoms with Crippen molar-refractivity contribution in [2.24, 2.45) is 5.73 Å². The van der Waals surface area contributed by atoms with Crippen LogP contribution in [-0.4, -0.2) is 52.5 Å². The highest BCUT2D eigenvalue weighted by Gasteiger charge is 2.27. The molecule has 1 aromatic carbocycles. The summed E-state index contributed by atoms with van der Waals surface area (Å²) in [5, 5.41) is 15.6. The number of hydrogen-bond donors (Lipinski definition) is 2. The van der Waals surface area contributed by atoms with Crippen LogP contribution in [0.3, 0.4) is 0 Å². The first-order valence-corrected chi connectivity index (χ1v) is 9.09. The maximum Gasteiger partial charge on any atom is 0.327 e. The molecule has 0 bridgehead atoms. The molecule has 9 nitrogen and oxygen atoms in total. The van der Waals surface area contributed by atoms with Crippen LogP contribution < -0.4 is 15.8 Å². The zero-order chi connectivity index (χ0) is 19.2. The Bertz CT molecular complexity index is 757. The molecule has 0 aliphatic heterocycles. The van der Waals surface area contributed by atoms with E-state index in [4.69, 9.17) is 15.2 Å². The van der Waals surface area contributed by atoms with Crippen LogP contribution in [0, 0.1) is 0 Å². The Kier molecular flexibility index (Phi) is 6.36. The van der Waals surface area contributed by atoms with Gasteiger partial charge >= 0.3 is 5.97 Å². The van der Waals surface area contributed by atoms with E-state index in [1.807, 2.05) is 24.3 Å². The van der Waals surface area contributed by atoms with Gasteiger partial charge in [0.15, 0.2) is 5.82 Å². The van der Waals surface area contributed by atoms with E-state index < -0.39 is 5.97 Å². The first-order valence-electron chi connectivity index (χ1n) is 9.09. The fourth-order valence-electron chi connectivity index (χ4n) is 3.38. The molecule has 0 amide bonds. The Labute approximate surface area is 158 Å². The van der Waals surface area contributed by atoms with Crippen LogP contribution in [0.2, 0.25) is 0 Å². The molecule has 1 saturated carbocycles. The smallest absolute Gasteiger partial charge is 0.327 e. The molecule has 3 rings (SSSR count). The lowest BCUT2D eigenvalue weighted by molar-refractivity contribution is -0.141. The molecule has 1 aliphatic carbocycles.